The number of carbonyl (C=O) groups is 1. The third-order valence-corrected chi connectivity index (χ3v) is 4.40. The summed E-state index contributed by atoms with van der Waals surface area (Å²) in [5, 5.41) is 15.9. The summed E-state index contributed by atoms with van der Waals surface area (Å²) in [6, 6.07) is 11.6. The van der Waals surface area contributed by atoms with Gasteiger partial charge >= 0.3 is 0 Å². The fourth-order valence-electron chi connectivity index (χ4n) is 2.85. The Labute approximate surface area is 153 Å². The summed E-state index contributed by atoms with van der Waals surface area (Å²) < 4.78 is 1.73. The summed E-state index contributed by atoms with van der Waals surface area (Å²) >= 11 is 0. The van der Waals surface area contributed by atoms with E-state index in [9.17, 15) is 4.79 Å². The lowest BCUT2D eigenvalue weighted by atomic mass is 10.2. The van der Waals surface area contributed by atoms with Crippen LogP contribution in [0.2, 0.25) is 0 Å². The van der Waals surface area contributed by atoms with Crippen LogP contribution >= 0.6 is 0 Å². The second-order valence-electron chi connectivity index (χ2n) is 6.11. The molecule has 0 fully saturated rings. The molecule has 0 saturated carbocycles. The Morgan fingerprint density at radius 1 is 1.12 bits per heavy atom. The molecule has 1 aromatic carbocycles. The molecule has 136 valence electrons. The largest absolute Gasteiger partial charge is 0.356 e. The molecule has 1 amide bonds. The van der Waals surface area contributed by atoms with E-state index in [1.807, 2.05) is 43.3 Å². The van der Waals surface area contributed by atoms with Crippen LogP contribution in [0.5, 0.6) is 0 Å². The van der Waals surface area contributed by atoms with E-state index in [0.29, 0.717) is 24.3 Å². The molecular weight excluding hydrogens is 328 g/mol. The molecule has 0 radical (unpaired) electrons. The first-order valence-electron chi connectivity index (χ1n) is 8.94. The Hall–Kier alpha value is -2.96. The van der Waals surface area contributed by atoms with Gasteiger partial charge in [0.2, 0.25) is 5.91 Å². The molecule has 3 rings (SSSR count). The molecule has 7 nitrogen and oxygen atoms in total. The molecule has 0 unspecified atom stereocenters. The summed E-state index contributed by atoms with van der Waals surface area (Å²) in [7, 11) is 0. The fraction of sp³-hybridized carbons (Fsp3) is 0.368. The van der Waals surface area contributed by atoms with Gasteiger partial charge in [0.05, 0.1) is 0 Å². The molecule has 1 N–H and O–H groups in total. The Bertz CT molecular complexity index is 900. The lowest BCUT2D eigenvalue weighted by Crippen LogP contribution is -2.23. The molecule has 3 aromatic rings. The molecule has 26 heavy (non-hydrogen) atoms. The maximum absolute atomic E-state index is 12.3. The van der Waals surface area contributed by atoms with Gasteiger partial charge in [-0.25, -0.2) is 0 Å². The smallest absolute Gasteiger partial charge is 0.224 e. The maximum atomic E-state index is 12.3. The molecule has 0 aliphatic carbocycles. The monoisotopic (exact) mass is 352 g/mol. The molecule has 0 saturated heterocycles. The lowest BCUT2D eigenvalue weighted by molar-refractivity contribution is -0.116. The highest BCUT2D eigenvalue weighted by Gasteiger charge is 2.12. The van der Waals surface area contributed by atoms with E-state index < -0.39 is 0 Å². The van der Waals surface area contributed by atoms with Gasteiger partial charge in [-0.2, -0.15) is 4.52 Å². The van der Waals surface area contributed by atoms with Gasteiger partial charge in [0, 0.05) is 31.6 Å². The molecule has 0 bridgehead atoms. The van der Waals surface area contributed by atoms with E-state index in [4.69, 9.17) is 0 Å². The van der Waals surface area contributed by atoms with E-state index in [1.165, 1.54) is 0 Å². The predicted octanol–water partition coefficient (Wildman–Crippen LogP) is 2.85. The number of anilines is 2. The van der Waals surface area contributed by atoms with Crippen molar-refractivity contribution in [1.29, 1.82) is 0 Å². The number of hydrogen-bond acceptors (Lipinski definition) is 5. The lowest BCUT2D eigenvalue weighted by Gasteiger charge is -2.19. The number of benzene rings is 1. The Morgan fingerprint density at radius 2 is 1.88 bits per heavy atom. The number of fused-ring (bicyclic) bond motifs is 1. The topological polar surface area (TPSA) is 75.4 Å². The first-order chi connectivity index (χ1) is 12.6. The van der Waals surface area contributed by atoms with Crippen LogP contribution in [0.3, 0.4) is 0 Å². The zero-order valence-electron chi connectivity index (χ0n) is 15.4. The van der Waals surface area contributed by atoms with Crippen molar-refractivity contribution in [2.24, 2.45) is 0 Å². The third-order valence-electron chi connectivity index (χ3n) is 4.40. The number of carbonyl (C=O) groups excluding carboxylic acids is 1. The fourth-order valence-corrected chi connectivity index (χ4v) is 2.85. The quantitative estimate of drug-likeness (QED) is 0.708. The average Bonchev–Trinajstić information content (AvgIpc) is 3.05. The van der Waals surface area contributed by atoms with Crippen molar-refractivity contribution < 1.29 is 4.79 Å². The van der Waals surface area contributed by atoms with Gasteiger partial charge < -0.3 is 10.2 Å². The Morgan fingerprint density at radius 3 is 2.62 bits per heavy atom. The van der Waals surface area contributed by atoms with Crippen LogP contribution in [0, 0.1) is 6.92 Å². The second-order valence-corrected chi connectivity index (χ2v) is 6.11. The molecule has 2 aromatic heterocycles. The van der Waals surface area contributed by atoms with E-state index in [0.717, 1.165) is 30.2 Å². The minimum absolute atomic E-state index is 0.0454. The van der Waals surface area contributed by atoms with Gasteiger partial charge in [0.15, 0.2) is 11.5 Å². The molecule has 0 aliphatic heterocycles. The summed E-state index contributed by atoms with van der Waals surface area (Å²) in [5.74, 6) is 1.53. The number of aryl methyl sites for hydroxylation is 2. The third kappa shape index (κ3) is 3.82. The number of para-hydroxylation sites is 1. The van der Waals surface area contributed by atoms with Crippen molar-refractivity contribution in [2.45, 2.75) is 33.6 Å². The zero-order valence-corrected chi connectivity index (χ0v) is 15.4. The summed E-state index contributed by atoms with van der Waals surface area (Å²) in [5.41, 5.74) is 2.57. The molecular formula is C19H24N6O. The van der Waals surface area contributed by atoms with Crippen molar-refractivity contribution in [2.75, 3.05) is 23.3 Å². The number of rotatable bonds is 7. The van der Waals surface area contributed by atoms with Crippen molar-refractivity contribution in [3.05, 3.63) is 47.8 Å². The minimum Gasteiger partial charge on any atom is -0.356 e. The van der Waals surface area contributed by atoms with E-state index >= 15 is 0 Å². The predicted molar refractivity (Wildman–Crippen MR) is 102 cm³/mol. The first kappa shape index (κ1) is 17.8. The van der Waals surface area contributed by atoms with Crippen molar-refractivity contribution in [3.63, 3.8) is 0 Å². The van der Waals surface area contributed by atoms with E-state index in [1.54, 1.807) is 4.52 Å². The number of amides is 1. The van der Waals surface area contributed by atoms with Crippen LogP contribution in [0.1, 0.15) is 31.7 Å². The van der Waals surface area contributed by atoms with Crippen LogP contribution < -0.4 is 10.2 Å². The number of nitrogens with one attached hydrogen (secondary N) is 1. The number of hydrogen-bond donors (Lipinski definition) is 1. The molecule has 0 aliphatic rings. The summed E-state index contributed by atoms with van der Waals surface area (Å²) in [6.45, 7) is 7.92. The van der Waals surface area contributed by atoms with Gasteiger partial charge in [-0.05, 0) is 44.5 Å². The maximum Gasteiger partial charge on any atom is 0.224 e. The highest BCUT2D eigenvalue weighted by Crippen LogP contribution is 2.15. The standard InChI is InChI=1S/C19H24N6O/c1-4-24(5-2)18-11-10-16-21-22-17(25(16)23-18)12-13-19(26)20-15-9-7-6-8-14(15)3/h6-11H,4-5,12-13H2,1-3H3,(H,20,26). The highest BCUT2D eigenvalue weighted by atomic mass is 16.1. The van der Waals surface area contributed by atoms with Crippen LogP contribution in [-0.4, -0.2) is 38.8 Å². The first-order valence-corrected chi connectivity index (χ1v) is 8.94. The highest BCUT2D eigenvalue weighted by molar-refractivity contribution is 5.91. The van der Waals surface area contributed by atoms with Crippen LogP contribution in [0.15, 0.2) is 36.4 Å². The molecule has 0 atom stereocenters. The van der Waals surface area contributed by atoms with Crippen molar-refractivity contribution in [3.8, 4) is 0 Å². The summed E-state index contributed by atoms with van der Waals surface area (Å²) in [6.07, 6.45) is 0.805. The SMILES string of the molecule is CCN(CC)c1ccc2nnc(CCC(=O)Nc3ccccc3C)n2n1. The van der Waals surface area contributed by atoms with Gasteiger partial charge in [-0.3, -0.25) is 4.79 Å². The van der Waals surface area contributed by atoms with Crippen LogP contribution in [0.25, 0.3) is 5.65 Å². The normalized spacial score (nSPS) is 10.9. The van der Waals surface area contributed by atoms with Gasteiger partial charge in [0.1, 0.15) is 5.82 Å². The second kappa shape index (κ2) is 7.95. The van der Waals surface area contributed by atoms with Crippen molar-refractivity contribution >= 4 is 23.1 Å². The van der Waals surface area contributed by atoms with Gasteiger partial charge in [-0.15, -0.1) is 15.3 Å². The minimum atomic E-state index is -0.0454. The van der Waals surface area contributed by atoms with E-state index in [-0.39, 0.29) is 5.91 Å². The zero-order chi connectivity index (χ0) is 18.5. The van der Waals surface area contributed by atoms with Crippen LogP contribution in [0.4, 0.5) is 11.5 Å². The van der Waals surface area contributed by atoms with Gasteiger partial charge in [0.25, 0.3) is 0 Å². The Kier molecular flexibility index (Phi) is 5.46. The number of nitrogens with zero attached hydrogens (tertiary/aromatic N) is 5. The number of aromatic nitrogens is 4. The molecule has 0 spiro atoms. The summed E-state index contributed by atoms with van der Waals surface area (Å²) in [4.78, 5) is 14.4. The van der Waals surface area contributed by atoms with Crippen LogP contribution in [-0.2, 0) is 11.2 Å². The molecule has 2 heterocycles. The Balaban J connectivity index is 1.71. The van der Waals surface area contributed by atoms with E-state index in [2.05, 4.69) is 39.4 Å². The average molecular weight is 352 g/mol. The van der Waals surface area contributed by atoms with Crippen molar-refractivity contribution in [1.82, 2.24) is 19.8 Å². The van der Waals surface area contributed by atoms with Gasteiger partial charge in [-0.1, -0.05) is 18.2 Å². The molecule has 7 heteroatoms.